The molecule has 0 bridgehead atoms. The van der Waals surface area contributed by atoms with Crippen LogP contribution in [0.2, 0.25) is 0 Å². The predicted octanol–water partition coefficient (Wildman–Crippen LogP) is 3.53. The number of carbonyl (C=O) groups is 2. The average Bonchev–Trinajstić information content (AvgIpc) is 3.32. The Morgan fingerprint density at radius 2 is 1.60 bits per heavy atom. The van der Waals surface area contributed by atoms with Gasteiger partial charge >= 0.3 is 0 Å². The largest absolute Gasteiger partial charge is 0.322 e. The van der Waals surface area contributed by atoms with E-state index in [4.69, 9.17) is 0 Å². The number of amides is 1. The van der Waals surface area contributed by atoms with E-state index in [-0.39, 0.29) is 17.6 Å². The van der Waals surface area contributed by atoms with E-state index in [1.807, 2.05) is 18.2 Å². The summed E-state index contributed by atoms with van der Waals surface area (Å²) in [6.07, 6.45) is 1.97. The van der Waals surface area contributed by atoms with Crippen LogP contribution in [0.5, 0.6) is 0 Å². The van der Waals surface area contributed by atoms with Gasteiger partial charge in [-0.3, -0.25) is 9.59 Å². The lowest BCUT2D eigenvalue weighted by Crippen LogP contribution is -2.12. The van der Waals surface area contributed by atoms with Gasteiger partial charge in [0.1, 0.15) is 0 Å². The maximum atomic E-state index is 12.0. The number of hydrogen-bond acceptors (Lipinski definition) is 2. The zero-order chi connectivity index (χ0) is 13.9. The third-order valence-corrected chi connectivity index (χ3v) is 3.39. The second-order valence-electron chi connectivity index (χ2n) is 5.04. The summed E-state index contributed by atoms with van der Waals surface area (Å²) < 4.78 is 0. The van der Waals surface area contributed by atoms with E-state index >= 15 is 0 Å². The molecule has 0 unspecified atom stereocenters. The van der Waals surface area contributed by atoms with E-state index in [1.165, 1.54) is 0 Å². The minimum atomic E-state index is -0.165. The van der Waals surface area contributed by atoms with Crippen molar-refractivity contribution < 1.29 is 9.59 Å². The lowest BCUT2D eigenvalue weighted by Gasteiger charge is -2.07. The first-order chi connectivity index (χ1) is 9.74. The Balaban J connectivity index is 1.76. The van der Waals surface area contributed by atoms with E-state index in [0.717, 1.165) is 12.8 Å². The molecule has 100 valence electrons. The van der Waals surface area contributed by atoms with Crippen LogP contribution in [0.15, 0.2) is 54.6 Å². The van der Waals surface area contributed by atoms with Crippen molar-refractivity contribution in [1.82, 2.24) is 0 Å². The Morgan fingerprint density at radius 1 is 0.900 bits per heavy atom. The van der Waals surface area contributed by atoms with Gasteiger partial charge in [0.15, 0.2) is 5.78 Å². The Hall–Kier alpha value is -2.42. The first-order valence-electron chi connectivity index (χ1n) is 6.75. The van der Waals surface area contributed by atoms with Crippen molar-refractivity contribution in [3.8, 4) is 0 Å². The highest BCUT2D eigenvalue weighted by Gasteiger charge is 2.30. The first-order valence-corrected chi connectivity index (χ1v) is 6.75. The molecular weight excluding hydrogens is 250 g/mol. The molecule has 2 aromatic carbocycles. The van der Waals surface area contributed by atoms with Crippen LogP contribution in [0.1, 0.15) is 33.6 Å². The van der Waals surface area contributed by atoms with Crippen LogP contribution in [0.25, 0.3) is 0 Å². The third-order valence-electron chi connectivity index (χ3n) is 3.39. The smallest absolute Gasteiger partial charge is 0.255 e. The van der Waals surface area contributed by atoms with Crippen LogP contribution < -0.4 is 5.32 Å². The first kappa shape index (κ1) is 12.6. The van der Waals surface area contributed by atoms with Gasteiger partial charge in [-0.15, -0.1) is 0 Å². The van der Waals surface area contributed by atoms with E-state index in [2.05, 4.69) is 5.32 Å². The summed E-state index contributed by atoms with van der Waals surface area (Å²) in [5, 5.41) is 2.82. The fourth-order valence-electron chi connectivity index (χ4n) is 2.12. The monoisotopic (exact) mass is 265 g/mol. The fraction of sp³-hybridized carbons (Fsp3) is 0.176. The van der Waals surface area contributed by atoms with Crippen molar-refractivity contribution in [2.75, 3.05) is 5.32 Å². The van der Waals surface area contributed by atoms with Crippen molar-refractivity contribution in [3.05, 3.63) is 65.7 Å². The van der Waals surface area contributed by atoms with Gasteiger partial charge in [0.2, 0.25) is 0 Å². The highest BCUT2D eigenvalue weighted by Crippen LogP contribution is 2.33. The molecule has 0 heterocycles. The minimum Gasteiger partial charge on any atom is -0.322 e. The maximum Gasteiger partial charge on any atom is 0.255 e. The molecule has 2 aromatic rings. The summed E-state index contributed by atoms with van der Waals surface area (Å²) in [7, 11) is 0. The molecule has 0 radical (unpaired) electrons. The number of rotatable bonds is 4. The number of Topliss-reactive ketones (excluding diaryl/α,β-unsaturated/α-hetero) is 1. The molecule has 0 aromatic heterocycles. The summed E-state index contributed by atoms with van der Waals surface area (Å²) in [4.78, 5) is 24.0. The van der Waals surface area contributed by atoms with Crippen molar-refractivity contribution in [1.29, 1.82) is 0 Å². The van der Waals surface area contributed by atoms with Crippen LogP contribution in [-0.4, -0.2) is 11.7 Å². The zero-order valence-electron chi connectivity index (χ0n) is 11.0. The maximum absolute atomic E-state index is 12.0. The molecule has 1 saturated carbocycles. The topological polar surface area (TPSA) is 46.2 Å². The molecule has 1 fully saturated rings. The molecule has 1 aliphatic carbocycles. The van der Waals surface area contributed by atoms with Gasteiger partial charge in [-0.25, -0.2) is 0 Å². The average molecular weight is 265 g/mol. The van der Waals surface area contributed by atoms with E-state index in [1.54, 1.807) is 36.4 Å². The minimum absolute atomic E-state index is 0.165. The molecule has 20 heavy (non-hydrogen) atoms. The number of nitrogens with one attached hydrogen (secondary N) is 1. The van der Waals surface area contributed by atoms with Crippen LogP contribution in [-0.2, 0) is 0 Å². The second kappa shape index (κ2) is 5.29. The number of anilines is 1. The standard InChI is InChI=1S/C17H15NO2/c19-16(12-9-10-12)14-7-4-8-15(11-14)18-17(20)13-5-2-1-3-6-13/h1-8,11-12H,9-10H2,(H,18,20). The summed E-state index contributed by atoms with van der Waals surface area (Å²) in [6, 6.07) is 16.2. The number of hydrogen-bond donors (Lipinski definition) is 1. The molecule has 0 spiro atoms. The van der Waals surface area contributed by atoms with E-state index in [9.17, 15) is 9.59 Å². The van der Waals surface area contributed by atoms with Crippen molar-refractivity contribution >= 4 is 17.4 Å². The molecule has 1 aliphatic rings. The zero-order valence-corrected chi connectivity index (χ0v) is 11.0. The van der Waals surface area contributed by atoms with Gasteiger partial charge in [0.05, 0.1) is 0 Å². The molecular formula is C17H15NO2. The Kier molecular flexibility index (Phi) is 3.33. The van der Waals surface area contributed by atoms with E-state index in [0.29, 0.717) is 16.8 Å². The third kappa shape index (κ3) is 2.77. The van der Waals surface area contributed by atoms with Crippen LogP contribution in [0.3, 0.4) is 0 Å². The Morgan fingerprint density at radius 3 is 2.30 bits per heavy atom. The Labute approximate surface area is 117 Å². The fourth-order valence-corrected chi connectivity index (χ4v) is 2.12. The molecule has 3 heteroatoms. The number of ketones is 1. The highest BCUT2D eigenvalue weighted by molar-refractivity contribution is 6.05. The van der Waals surface area contributed by atoms with Crippen LogP contribution >= 0.6 is 0 Å². The molecule has 0 aliphatic heterocycles. The summed E-state index contributed by atoms with van der Waals surface area (Å²) in [5.74, 6) is 0.206. The SMILES string of the molecule is O=C(Nc1cccc(C(=O)C2CC2)c1)c1ccccc1. The van der Waals surface area contributed by atoms with Crippen LogP contribution in [0.4, 0.5) is 5.69 Å². The molecule has 3 rings (SSSR count). The number of benzene rings is 2. The normalized spacial score (nSPS) is 13.8. The summed E-state index contributed by atoms with van der Waals surface area (Å²) >= 11 is 0. The number of carbonyl (C=O) groups excluding carboxylic acids is 2. The summed E-state index contributed by atoms with van der Waals surface area (Å²) in [6.45, 7) is 0. The lowest BCUT2D eigenvalue weighted by atomic mass is 10.1. The Bertz CT molecular complexity index is 645. The predicted molar refractivity (Wildman–Crippen MR) is 77.9 cm³/mol. The van der Waals surface area contributed by atoms with Crippen molar-refractivity contribution in [3.63, 3.8) is 0 Å². The lowest BCUT2D eigenvalue weighted by molar-refractivity contribution is 0.0966. The summed E-state index contributed by atoms with van der Waals surface area (Å²) in [5.41, 5.74) is 1.94. The van der Waals surface area contributed by atoms with Gasteiger partial charge in [-0.1, -0.05) is 30.3 Å². The van der Waals surface area contributed by atoms with Gasteiger partial charge in [0, 0.05) is 22.7 Å². The van der Waals surface area contributed by atoms with E-state index < -0.39 is 0 Å². The second-order valence-corrected chi connectivity index (χ2v) is 5.04. The van der Waals surface area contributed by atoms with Crippen molar-refractivity contribution in [2.45, 2.75) is 12.8 Å². The van der Waals surface area contributed by atoms with Gasteiger partial charge in [-0.2, -0.15) is 0 Å². The highest BCUT2D eigenvalue weighted by atomic mass is 16.1. The van der Waals surface area contributed by atoms with Crippen LogP contribution in [0, 0.1) is 5.92 Å². The van der Waals surface area contributed by atoms with Gasteiger partial charge < -0.3 is 5.32 Å². The molecule has 1 N–H and O–H groups in total. The molecule has 1 amide bonds. The molecule has 0 saturated heterocycles. The quantitative estimate of drug-likeness (QED) is 0.859. The van der Waals surface area contributed by atoms with Gasteiger partial charge in [0.25, 0.3) is 5.91 Å². The molecule has 0 atom stereocenters. The molecule has 3 nitrogen and oxygen atoms in total. The van der Waals surface area contributed by atoms with Crippen molar-refractivity contribution in [2.24, 2.45) is 5.92 Å². The van der Waals surface area contributed by atoms with Gasteiger partial charge in [-0.05, 0) is 37.1 Å².